The number of alkyl halides is 2. The van der Waals surface area contributed by atoms with E-state index in [9.17, 15) is 41.8 Å². The molecule has 8 aliphatic carbocycles. The first-order valence-corrected chi connectivity index (χ1v) is 15.8. The molecule has 8 rings (SSSR count). The van der Waals surface area contributed by atoms with Gasteiger partial charge >= 0.3 is 27.3 Å². The summed E-state index contributed by atoms with van der Waals surface area (Å²) in [5.74, 6) is -0.0243. The van der Waals surface area contributed by atoms with Crippen LogP contribution in [0, 0.1) is 46.3 Å². The van der Waals surface area contributed by atoms with Crippen molar-refractivity contribution in [1.82, 2.24) is 0 Å². The fourth-order valence-corrected chi connectivity index (χ4v) is 9.64. The maximum atomic E-state index is 14.4. The zero-order valence-electron chi connectivity index (χ0n) is 22.5. The van der Waals surface area contributed by atoms with Gasteiger partial charge in [-0.15, -0.1) is 0 Å². The number of carbonyl (C=O) groups excluding carboxylic acids is 3. The van der Waals surface area contributed by atoms with Crippen molar-refractivity contribution < 1.29 is 60.6 Å². The number of esters is 1. The van der Waals surface area contributed by atoms with Gasteiger partial charge in [-0.25, -0.2) is 0 Å². The Kier molecular flexibility index (Phi) is 6.99. The maximum absolute atomic E-state index is 14.4. The highest BCUT2D eigenvalue weighted by Crippen LogP contribution is 2.60. The molecule has 8 bridgehead atoms. The third kappa shape index (κ3) is 4.95. The van der Waals surface area contributed by atoms with E-state index in [-0.39, 0.29) is 53.2 Å². The van der Waals surface area contributed by atoms with E-state index in [1.807, 2.05) is 0 Å². The summed E-state index contributed by atoms with van der Waals surface area (Å²) in [5, 5.41) is 13.9. The molecule has 0 aromatic heterocycles. The second kappa shape index (κ2) is 9.71. The Labute approximate surface area is 236 Å². The monoisotopic (exact) mass is 606 g/mol. The second-order valence-electron chi connectivity index (χ2n) is 13.7. The van der Waals surface area contributed by atoms with Gasteiger partial charge in [-0.2, -0.15) is 17.2 Å². The minimum Gasteiger partial charge on any atom is -0.462 e. The molecule has 0 heterocycles. The highest BCUT2D eigenvalue weighted by molar-refractivity contribution is 7.86. The number of hydrogen-bond donors (Lipinski definition) is 3. The van der Waals surface area contributed by atoms with Crippen molar-refractivity contribution in [2.45, 2.75) is 81.5 Å². The number of Topliss-reactive ketones (excluding diaryl/α,β-unsaturated/α-hetero) is 2. The Balaban J connectivity index is 1.14. The van der Waals surface area contributed by atoms with Crippen molar-refractivity contribution >= 4 is 27.7 Å². The Bertz CT molecular complexity index is 1200. The molecule has 14 heteroatoms. The first-order valence-electron chi connectivity index (χ1n) is 14.3. The van der Waals surface area contributed by atoms with Crippen molar-refractivity contribution in [2.24, 2.45) is 46.3 Å². The van der Waals surface area contributed by atoms with Crippen LogP contribution in [0.2, 0.25) is 0 Å². The molecule has 5 unspecified atom stereocenters. The predicted molar refractivity (Wildman–Crippen MR) is 132 cm³/mol. The Morgan fingerprint density at radius 3 is 1.93 bits per heavy atom. The highest BCUT2D eigenvalue weighted by atomic mass is 32.2. The zero-order valence-corrected chi connectivity index (χ0v) is 23.3. The molecule has 0 spiro atoms. The van der Waals surface area contributed by atoms with E-state index in [0.29, 0.717) is 38.0 Å². The average molecular weight is 607 g/mol. The van der Waals surface area contributed by atoms with Crippen molar-refractivity contribution in [1.29, 1.82) is 0 Å². The first kappa shape index (κ1) is 29.5. The number of aliphatic hydroxyl groups is 2. The quantitative estimate of drug-likeness (QED) is 0.178. The van der Waals surface area contributed by atoms with Gasteiger partial charge in [0.15, 0.2) is 0 Å². The van der Waals surface area contributed by atoms with E-state index >= 15 is 0 Å². The number of halogens is 2. The van der Waals surface area contributed by atoms with E-state index in [0.717, 1.165) is 32.1 Å². The average Bonchev–Trinajstić information content (AvgIpc) is 2.87. The molecular weight excluding hydrogens is 570 g/mol. The second-order valence-corrected chi connectivity index (χ2v) is 15.2. The summed E-state index contributed by atoms with van der Waals surface area (Å²) in [6.45, 7) is -1.57. The van der Waals surface area contributed by atoms with Crippen molar-refractivity contribution in [3.05, 3.63) is 0 Å². The normalized spacial score (nSPS) is 40.3. The van der Waals surface area contributed by atoms with Crippen molar-refractivity contribution in [3.63, 3.8) is 0 Å². The number of rotatable bonds is 11. The summed E-state index contributed by atoms with van der Waals surface area (Å²) in [6.07, 6.45) is 0.00531. The van der Waals surface area contributed by atoms with Crippen LogP contribution in [0.15, 0.2) is 0 Å². The van der Waals surface area contributed by atoms with E-state index in [1.54, 1.807) is 0 Å². The fraction of sp³-hybridized carbons (Fsp3) is 0.889. The molecule has 0 aromatic carbocycles. The predicted octanol–water partition coefficient (Wildman–Crippen LogP) is 1.84. The van der Waals surface area contributed by atoms with E-state index in [2.05, 4.69) is 4.74 Å². The summed E-state index contributed by atoms with van der Waals surface area (Å²) >= 11 is 0. The molecule has 0 aromatic rings. The van der Waals surface area contributed by atoms with Gasteiger partial charge in [-0.3, -0.25) is 18.9 Å². The first-order chi connectivity index (χ1) is 19.0. The fourth-order valence-electron chi connectivity index (χ4n) is 9.29. The van der Waals surface area contributed by atoms with Gasteiger partial charge in [0.25, 0.3) is 0 Å². The molecule has 0 amide bonds. The van der Waals surface area contributed by atoms with Crippen LogP contribution in [0.25, 0.3) is 0 Å². The molecule has 5 atom stereocenters. The lowest BCUT2D eigenvalue weighted by Crippen LogP contribution is -2.56. The van der Waals surface area contributed by atoms with Crippen LogP contribution in [-0.2, 0) is 38.7 Å². The Morgan fingerprint density at radius 2 is 1.39 bits per heavy atom. The number of hydrogen-bond acceptors (Lipinski definition) is 10. The third-order valence-electron chi connectivity index (χ3n) is 10.8. The van der Waals surface area contributed by atoms with Crippen LogP contribution >= 0.6 is 0 Å². The van der Waals surface area contributed by atoms with E-state index in [1.165, 1.54) is 0 Å². The van der Waals surface area contributed by atoms with Crippen molar-refractivity contribution in [3.8, 4) is 0 Å². The standard InChI is InChI=1S/C27H36F2O11S/c28-26(29,27(33,34)41(35,36)37)40-12-20(39-13-24-5-14-1-16(7-24)21(30)17(2-14)8-24)11-38-23(32)25-6-15-3-18(9-25)22(31)19(4-15)10-25/h14-20,33-34H,1-13H2,(H,35,36,37). The minimum absolute atomic E-state index is 0.0640. The summed E-state index contributed by atoms with van der Waals surface area (Å²) in [4.78, 5) is 38.4. The van der Waals surface area contributed by atoms with Crippen molar-refractivity contribution in [2.75, 3.05) is 19.8 Å². The van der Waals surface area contributed by atoms with Crippen LogP contribution in [0.5, 0.6) is 0 Å². The number of ketones is 2. The molecule has 8 saturated carbocycles. The van der Waals surface area contributed by atoms with Gasteiger partial charge in [0, 0.05) is 23.7 Å². The number of ether oxygens (including phenoxy) is 3. The Hall–Kier alpha value is -1.58. The Morgan fingerprint density at radius 1 is 0.878 bits per heavy atom. The lowest BCUT2D eigenvalue weighted by Gasteiger charge is -2.55. The van der Waals surface area contributed by atoms with Gasteiger partial charge < -0.3 is 24.4 Å². The number of carbonyl (C=O) groups is 3. The topological polar surface area (TPSA) is 174 Å². The van der Waals surface area contributed by atoms with Gasteiger partial charge in [0.2, 0.25) is 0 Å². The maximum Gasteiger partial charge on any atom is 0.428 e. The zero-order chi connectivity index (χ0) is 29.6. The van der Waals surface area contributed by atoms with Gasteiger partial charge in [-0.05, 0) is 81.5 Å². The molecular formula is C27H36F2O11S. The molecule has 0 radical (unpaired) electrons. The molecule has 230 valence electrons. The van der Waals surface area contributed by atoms with Crippen LogP contribution in [0.4, 0.5) is 8.78 Å². The van der Waals surface area contributed by atoms with E-state index in [4.69, 9.17) is 14.0 Å². The molecule has 8 aliphatic rings. The molecule has 11 nitrogen and oxygen atoms in total. The molecule has 0 aliphatic heterocycles. The summed E-state index contributed by atoms with van der Waals surface area (Å²) in [5.41, 5.74) is -1.20. The molecule has 41 heavy (non-hydrogen) atoms. The smallest absolute Gasteiger partial charge is 0.428 e. The summed E-state index contributed by atoms with van der Waals surface area (Å²) < 4.78 is 75.8. The molecule has 8 fully saturated rings. The minimum atomic E-state index is -6.06. The molecule has 0 saturated heterocycles. The van der Waals surface area contributed by atoms with Crippen LogP contribution in [0.3, 0.4) is 0 Å². The van der Waals surface area contributed by atoms with Crippen LogP contribution in [0.1, 0.15) is 64.2 Å². The highest BCUT2D eigenvalue weighted by Gasteiger charge is 2.64. The van der Waals surface area contributed by atoms with Gasteiger partial charge in [0.1, 0.15) is 24.3 Å². The molecule has 3 N–H and O–H groups in total. The van der Waals surface area contributed by atoms with Gasteiger partial charge in [-0.1, -0.05) is 0 Å². The summed E-state index contributed by atoms with van der Waals surface area (Å²) in [6, 6.07) is 0. The lowest BCUT2D eigenvalue weighted by molar-refractivity contribution is -0.366. The summed E-state index contributed by atoms with van der Waals surface area (Å²) in [7, 11) is -6.06. The van der Waals surface area contributed by atoms with E-state index < -0.39 is 52.0 Å². The van der Waals surface area contributed by atoms with Gasteiger partial charge in [0.05, 0.1) is 18.6 Å². The van der Waals surface area contributed by atoms with Crippen LogP contribution in [-0.4, -0.2) is 77.9 Å². The largest absolute Gasteiger partial charge is 0.462 e. The van der Waals surface area contributed by atoms with Crippen LogP contribution < -0.4 is 0 Å². The lowest BCUT2D eigenvalue weighted by atomic mass is 9.49. The SMILES string of the molecule is O=C1C2CC3CC1CC(COC(COC(=O)C14CC5CC(C1)C(=O)C(C5)C4)COC(F)(F)C(O)(O)S(=O)(=O)O)(C3)C2. The third-order valence-corrected chi connectivity index (χ3v) is 11.7.